The Balaban J connectivity index is 2.20. The molecule has 0 fully saturated rings. The van der Waals surface area contributed by atoms with Gasteiger partial charge in [-0.15, -0.1) is 0 Å². The molecule has 1 rings (SSSR count). The second-order valence-corrected chi connectivity index (χ2v) is 3.39. The lowest BCUT2D eigenvalue weighted by molar-refractivity contribution is 0.138. The molecule has 0 bridgehead atoms. The molecule has 1 atom stereocenters. The van der Waals surface area contributed by atoms with E-state index in [-0.39, 0.29) is 19.8 Å². The summed E-state index contributed by atoms with van der Waals surface area (Å²) in [6.07, 6.45) is -0.534. The van der Waals surface area contributed by atoms with Gasteiger partial charge in [-0.2, -0.15) is 0 Å². The van der Waals surface area contributed by atoms with E-state index in [2.05, 4.69) is 5.32 Å². The summed E-state index contributed by atoms with van der Waals surface area (Å²) in [6, 6.07) is 8.92. The average molecular weight is 224 g/mol. The molecule has 0 aromatic heterocycles. The van der Waals surface area contributed by atoms with Crippen LogP contribution in [0.3, 0.4) is 0 Å². The molecule has 0 aliphatic carbocycles. The highest BCUT2D eigenvalue weighted by molar-refractivity contribution is 5.67. The van der Waals surface area contributed by atoms with E-state index in [4.69, 9.17) is 15.6 Å². The lowest BCUT2D eigenvalue weighted by atomic mass is 10.2. The number of hydrogen-bond acceptors (Lipinski definition) is 4. The van der Waals surface area contributed by atoms with Crippen LogP contribution in [-0.2, 0) is 11.3 Å². The Morgan fingerprint density at radius 2 is 2.12 bits per heavy atom. The number of rotatable bonds is 5. The maximum atomic E-state index is 11.2. The van der Waals surface area contributed by atoms with Gasteiger partial charge in [-0.05, 0) is 5.56 Å². The minimum atomic E-state index is -0.534. The van der Waals surface area contributed by atoms with Crippen LogP contribution in [0, 0.1) is 0 Å². The molecular weight excluding hydrogens is 208 g/mol. The normalized spacial score (nSPS) is 11.9. The van der Waals surface area contributed by atoms with E-state index in [1.807, 2.05) is 30.3 Å². The van der Waals surface area contributed by atoms with Crippen molar-refractivity contribution in [2.45, 2.75) is 12.6 Å². The molecule has 88 valence electrons. The van der Waals surface area contributed by atoms with E-state index >= 15 is 0 Å². The Hall–Kier alpha value is -1.59. The molecule has 1 aromatic rings. The minimum absolute atomic E-state index is 0.168. The van der Waals surface area contributed by atoms with E-state index in [9.17, 15) is 4.79 Å². The van der Waals surface area contributed by atoms with Crippen molar-refractivity contribution in [1.29, 1.82) is 0 Å². The van der Waals surface area contributed by atoms with Crippen LogP contribution in [0.1, 0.15) is 5.56 Å². The molecular formula is C11H16N2O3. The number of carbonyl (C=O) groups is 1. The van der Waals surface area contributed by atoms with Crippen molar-refractivity contribution < 1.29 is 14.6 Å². The van der Waals surface area contributed by atoms with Gasteiger partial charge in [0.15, 0.2) is 0 Å². The van der Waals surface area contributed by atoms with E-state index in [0.29, 0.717) is 0 Å². The average Bonchev–Trinajstić information content (AvgIpc) is 2.34. The summed E-state index contributed by atoms with van der Waals surface area (Å²) < 4.78 is 4.94. The van der Waals surface area contributed by atoms with E-state index in [0.717, 1.165) is 5.56 Å². The van der Waals surface area contributed by atoms with Crippen LogP contribution < -0.4 is 11.1 Å². The van der Waals surface area contributed by atoms with Gasteiger partial charge in [0.05, 0.1) is 6.61 Å². The molecule has 0 radical (unpaired) electrons. The fraction of sp³-hybridized carbons (Fsp3) is 0.364. The van der Waals surface area contributed by atoms with Gasteiger partial charge in [0.1, 0.15) is 6.61 Å². The fourth-order valence-electron chi connectivity index (χ4n) is 1.05. The molecule has 5 heteroatoms. The Morgan fingerprint density at radius 3 is 2.75 bits per heavy atom. The number of carbonyl (C=O) groups excluding carboxylic acids is 1. The van der Waals surface area contributed by atoms with Crippen LogP contribution in [0.2, 0.25) is 0 Å². The number of ether oxygens (including phenoxy) is 1. The largest absolute Gasteiger partial charge is 0.445 e. The zero-order valence-corrected chi connectivity index (χ0v) is 8.93. The van der Waals surface area contributed by atoms with Gasteiger partial charge in [-0.3, -0.25) is 0 Å². The van der Waals surface area contributed by atoms with Crippen LogP contribution >= 0.6 is 0 Å². The number of amides is 1. The lowest BCUT2D eigenvalue weighted by Crippen LogP contribution is -2.39. The summed E-state index contributed by atoms with van der Waals surface area (Å²) in [5.74, 6) is 0. The molecule has 0 saturated carbocycles. The molecule has 1 amide bonds. The van der Waals surface area contributed by atoms with Crippen molar-refractivity contribution in [1.82, 2.24) is 5.32 Å². The number of aliphatic hydroxyl groups is 1. The zero-order chi connectivity index (χ0) is 11.8. The zero-order valence-electron chi connectivity index (χ0n) is 8.93. The molecule has 0 aliphatic heterocycles. The summed E-state index contributed by atoms with van der Waals surface area (Å²) in [4.78, 5) is 11.2. The molecule has 0 spiro atoms. The Bertz CT molecular complexity index is 316. The first-order valence-electron chi connectivity index (χ1n) is 5.03. The second-order valence-electron chi connectivity index (χ2n) is 3.39. The third kappa shape index (κ3) is 4.77. The highest BCUT2D eigenvalue weighted by Crippen LogP contribution is 2.00. The van der Waals surface area contributed by atoms with Crippen LogP contribution in [0.25, 0.3) is 0 Å². The van der Waals surface area contributed by atoms with Gasteiger partial charge in [-0.1, -0.05) is 30.3 Å². The maximum absolute atomic E-state index is 11.2. The number of alkyl carbamates (subject to hydrolysis) is 1. The van der Waals surface area contributed by atoms with Crippen LogP contribution in [0.4, 0.5) is 4.79 Å². The van der Waals surface area contributed by atoms with E-state index in [1.165, 1.54) is 0 Å². The SMILES string of the molecule is N[C@@H](CO)CNC(=O)OCc1ccccc1. The number of nitrogens with one attached hydrogen (secondary N) is 1. The molecule has 0 heterocycles. The van der Waals surface area contributed by atoms with Gasteiger partial charge in [0.2, 0.25) is 0 Å². The standard InChI is InChI=1S/C11H16N2O3/c12-10(7-14)6-13-11(15)16-8-9-4-2-1-3-5-9/h1-5,10,14H,6-8,12H2,(H,13,15)/t10-/m1/s1. The van der Waals surface area contributed by atoms with Crippen molar-refractivity contribution in [2.75, 3.05) is 13.2 Å². The monoisotopic (exact) mass is 224 g/mol. The number of aliphatic hydroxyl groups excluding tert-OH is 1. The topological polar surface area (TPSA) is 84.6 Å². The van der Waals surface area contributed by atoms with Gasteiger partial charge in [-0.25, -0.2) is 4.79 Å². The highest BCUT2D eigenvalue weighted by atomic mass is 16.5. The molecule has 5 nitrogen and oxygen atoms in total. The molecule has 4 N–H and O–H groups in total. The Labute approximate surface area is 94.2 Å². The molecule has 0 unspecified atom stereocenters. The van der Waals surface area contributed by atoms with Gasteiger partial charge >= 0.3 is 6.09 Å². The summed E-state index contributed by atoms with van der Waals surface area (Å²) in [7, 11) is 0. The number of hydrogen-bond donors (Lipinski definition) is 3. The minimum Gasteiger partial charge on any atom is -0.445 e. The summed E-state index contributed by atoms with van der Waals surface area (Å²) >= 11 is 0. The lowest BCUT2D eigenvalue weighted by Gasteiger charge is -2.10. The fourth-order valence-corrected chi connectivity index (χ4v) is 1.05. The van der Waals surface area contributed by atoms with Gasteiger partial charge < -0.3 is 20.9 Å². The van der Waals surface area contributed by atoms with Gasteiger partial charge in [0.25, 0.3) is 0 Å². The molecule has 16 heavy (non-hydrogen) atoms. The third-order valence-corrected chi connectivity index (χ3v) is 1.96. The molecule has 0 saturated heterocycles. The third-order valence-electron chi connectivity index (χ3n) is 1.96. The first-order valence-corrected chi connectivity index (χ1v) is 5.03. The predicted octanol–water partition coefficient (Wildman–Crippen LogP) is 0.232. The molecule has 1 aromatic carbocycles. The Morgan fingerprint density at radius 1 is 1.44 bits per heavy atom. The second kappa shape index (κ2) is 6.81. The van der Waals surface area contributed by atoms with Crippen molar-refractivity contribution in [3.05, 3.63) is 35.9 Å². The first-order chi connectivity index (χ1) is 7.72. The summed E-state index contributed by atoms with van der Waals surface area (Å²) in [5.41, 5.74) is 6.33. The van der Waals surface area contributed by atoms with Crippen LogP contribution in [0.15, 0.2) is 30.3 Å². The van der Waals surface area contributed by atoms with E-state index < -0.39 is 12.1 Å². The van der Waals surface area contributed by atoms with Crippen LogP contribution in [-0.4, -0.2) is 30.4 Å². The quantitative estimate of drug-likeness (QED) is 0.668. The van der Waals surface area contributed by atoms with Crippen molar-refractivity contribution in [3.63, 3.8) is 0 Å². The smallest absolute Gasteiger partial charge is 0.407 e. The van der Waals surface area contributed by atoms with Crippen molar-refractivity contribution in [2.24, 2.45) is 5.73 Å². The van der Waals surface area contributed by atoms with E-state index in [1.54, 1.807) is 0 Å². The number of benzene rings is 1. The molecule has 0 aliphatic rings. The van der Waals surface area contributed by atoms with Crippen molar-refractivity contribution in [3.8, 4) is 0 Å². The predicted molar refractivity (Wildman–Crippen MR) is 59.7 cm³/mol. The Kier molecular flexibility index (Phi) is 5.31. The first kappa shape index (κ1) is 12.5. The maximum Gasteiger partial charge on any atom is 0.407 e. The summed E-state index contributed by atoms with van der Waals surface area (Å²) in [6.45, 7) is 0.254. The summed E-state index contributed by atoms with van der Waals surface area (Å²) in [5, 5.41) is 11.1. The van der Waals surface area contributed by atoms with Crippen molar-refractivity contribution >= 4 is 6.09 Å². The van der Waals surface area contributed by atoms with Gasteiger partial charge in [0, 0.05) is 12.6 Å². The number of nitrogens with two attached hydrogens (primary N) is 1. The highest BCUT2D eigenvalue weighted by Gasteiger charge is 2.05. The van der Waals surface area contributed by atoms with Crippen LogP contribution in [0.5, 0.6) is 0 Å².